The molecule has 0 bridgehead atoms. The standard InChI is InChI=1S/C30H34N4O5/c1-16-8-9-20(22(35)12-16)24-21-13-17(2)33-10-11-34(29-31-14-19(38-7)15-32-29)25(26(21)33)18(3)23(24)27(28(36)37)39-30(4,5)6/h8-9,12-15,27,35H,10-11H2,1-7H3,(H,36,37)/t27-/m0/s1. The Morgan fingerprint density at radius 3 is 2.36 bits per heavy atom. The number of carboxylic acid groups (broad SMARTS) is 1. The first-order valence-electron chi connectivity index (χ1n) is 12.9. The van der Waals surface area contributed by atoms with Crippen LogP contribution in [-0.2, 0) is 16.1 Å². The van der Waals surface area contributed by atoms with Crippen molar-refractivity contribution in [1.82, 2.24) is 14.5 Å². The van der Waals surface area contributed by atoms with E-state index in [9.17, 15) is 15.0 Å². The maximum absolute atomic E-state index is 12.9. The van der Waals surface area contributed by atoms with Gasteiger partial charge in [0.15, 0.2) is 11.9 Å². The second-order valence-corrected chi connectivity index (χ2v) is 11.0. The van der Waals surface area contributed by atoms with Crippen LogP contribution in [-0.4, -0.2) is 50.0 Å². The lowest BCUT2D eigenvalue weighted by Crippen LogP contribution is -2.32. The van der Waals surface area contributed by atoms with E-state index in [4.69, 9.17) is 9.47 Å². The first-order valence-corrected chi connectivity index (χ1v) is 12.9. The van der Waals surface area contributed by atoms with Crippen LogP contribution in [0.1, 0.15) is 49.3 Å². The number of aliphatic carboxylic acids is 1. The van der Waals surface area contributed by atoms with Crippen molar-refractivity contribution < 1.29 is 24.5 Å². The largest absolute Gasteiger partial charge is 0.507 e. The zero-order chi connectivity index (χ0) is 28.2. The van der Waals surface area contributed by atoms with Crippen LogP contribution in [0.15, 0.2) is 36.7 Å². The van der Waals surface area contributed by atoms with Gasteiger partial charge in [0.05, 0.1) is 36.3 Å². The van der Waals surface area contributed by atoms with Gasteiger partial charge in [-0.05, 0) is 64.8 Å². The number of nitrogens with zero attached hydrogens (tertiary/aromatic N) is 4. The zero-order valence-electron chi connectivity index (χ0n) is 23.4. The number of anilines is 2. The molecule has 3 heterocycles. The van der Waals surface area contributed by atoms with E-state index in [1.165, 1.54) is 0 Å². The van der Waals surface area contributed by atoms with Crippen molar-refractivity contribution in [3.63, 3.8) is 0 Å². The van der Waals surface area contributed by atoms with E-state index in [2.05, 4.69) is 20.6 Å². The van der Waals surface area contributed by atoms with Crippen molar-refractivity contribution in [2.75, 3.05) is 18.6 Å². The summed E-state index contributed by atoms with van der Waals surface area (Å²) >= 11 is 0. The van der Waals surface area contributed by atoms with Crippen molar-refractivity contribution in [2.45, 2.75) is 59.8 Å². The number of aromatic hydroxyl groups is 1. The molecule has 1 aliphatic rings. The number of rotatable bonds is 6. The summed E-state index contributed by atoms with van der Waals surface area (Å²) in [4.78, 5) is 24.0. The Labute approximate surface area is 227 Å². The van der Waals surface area contributed by atoms with E-state index >= 15 is 0 Å². The number of methoxy groups -OCH3 is 1. The van der Waals surface area contributed by atoms with Gasteiger partial charge in [-0.1, -0.05) is 12.1 Å². The maximum Gasteiger partial charge on any atom is 0.337 e. The number of aromatic nitrogens is 3. The van der Waals surface area contributed by atoms with Crippen LogP contribution < -0.4 is 9.64 Å². The first kappa shape index (κ1) is 26.5. The molecule has 204 valence electrons. The zero-order valence-corrected chi connectivity index (χ0v) is 23.4. The van der Waals surface area contributed by atoms with Gasteiger partial charge in [0.25, 0.3) is 0 Å². The monoisotopic (exact) mass is 530 g/mol. The summed E-state index contributed by atoms with van der Waals surface area (Å²) in [6.07, 6.45) is 1.96. The Morgan fingerprint density at radius 2 is 1.77 bits per heavy atom. The van der Waals surface area contributed by atoms with Gasteiger partial charge in [-0.3, -0.25) is 0 Å². The molecule has 0 aliphatic carbocycles. The van der Waals surface area contributed by atoms with Crippen LogP contribution in [0.2, 0.25) is 0 Å². The Bertz CT molecular complexity index is 1580. The fourth-order valence-electron chi connectivity index (χ4n) is 5.50. The first-order chi connectivity index (χ1) is 18.4. The molecule has 0 unspecified atom stereocenters. The molecule has 9 heteroatoms. The number of ether oxygens (including phenoxy) is 2. The van der Waals surface area contributed by atoms with Crippen LogP contribution in [0.4, 0.5) is 11.6 Å². The molecule has 0 radical (unpaired) electrons. The Kier molecular flexibility index (Phi) is 6.50. The topological polar surface area (TPSA) is 110 Å². The fourth-order valence-corrected chi connectivity index (χ4v) is 5.50. The van der Waals surface area contributed by atoms with Gasteiger partial charge < -0.3 is 29.2 Å². The highest BCUT2D eigenvalue weighted by Gasteiger charge is 2.37. The van der Waals surface area contributed by atoms with Gasteiger partial charge in [-0.15, -0.1) is 0 Å². The Hall–Kier alpha value is -4.11. The third-order valence-corrected chi connectivity index (χ3v) is 7.12. The molecule has 0 saturated carbocycles. The number of carbonyl (C=O) groups is 1. The summed E-state index contributed by atoms with van der Waals surface area (Å²) in [5.41, 5.74) is 5.40. The van der Waals surface area contributed by atoms with E-state index in [0.29, 0.717) is 41.5 Å². The average Bonchev–Trinajstić information content (AvgIpc) is 3.21. The van der Waals surface area contributed by atoms with Crippen molar-refractivity contribution in [3.8, 4) is 22.6 Å². The molecular formula is C30H34N4O5. The normalized spacial score (nSPS) is 14.1. The predicted molar refractivity (Wildman–Crippen MR) is 150 cm³/mol. The lowest BCUT2D eigenvalue weighted by Gasteiger charge is -2.35. The van der Waals surface area contributed by atoms with Gasteiger partial charge in [-0.2, -0.15) is 0 Å². The van der Waals surface area contributed by atoms with Gasteiger partial charge in [0, 0.05) is 40.9 Å². The quantitative estimate of drug-likeness (QED) is 0.320. The second-order valence-electron chi connectivity index (χ2n) is 11.0. The molecule has 9 nitrogen and oxygen atoms in total. The highest BCUT2D eigenvalue weighted by atomic mass is 16.5. The highest BCUT2D eigenvalue weighted by Crippen LogP contribution is 2.50. The average molecular weight is 531 g/mol. The molecule has 0 spiro atoms. The van der Waals surface area contributed by atoms with Crippen LogP contribution in [0.25, 0.3) is 22.0 Å². The van der Waals surface area contributed by atoms with Crippen LogP contribution in [0.5, 0.6) is 11.5 Å². The Balaban J connectivity index is 1.91. The van der Waals surface area contributed by atoms with Crippen molar-refractivity contribution in [1.29, 1.82) is 0 Å². The van der Waals surface area contributed by atoms with E-state index in [0.717, 1.165) is 33.4 Å². The number of hydrogen-bond acceptors (Lipinski definition) is 7. The summed E-state index contributed by atoms with van der Waals surface area (Å²) in [6, 6.07) is 7.52. The van der Waals surface area contributed by atoms with Crippen molar-refractivity contribution >= 4 is 28.5 Å². The Morgan fingerprint density at radius 1 is 1.08 bits per heavy atom. The molecule has 2 aromatic heterocycles. The summed E-state index contributed by atoms with van der Waals surface area (Å²) < 4.78 is 13.7. The molecule has 5 rings (SSSR count). The minimum atomic E-state index is -1.29. The van der Waals surface area contributed by atoms with Gasteiger partial charge in [0.2, 0.25) is 5.95 Å². The minimum absolute atomic E-state index is 0.0856. The third-order valence-electron chi connectivity index (χ3n) is 7.12. The lowest BCUT2D eigenvalue weighted by molar-refractivity contribution is -0.160. The SMILES string of the molecule is COc1cnc(N2CCn3c(C)cc4c(-c5ccc(C)cc5O)c([C@H](OC(C)(C)C)C(=O)O)c(C)c2c43)nc1. The van der Waals surface area contributed by atoms with Gasteiger partial charge in [-0.25, -0.2) is 14.8 Å². The summed E-state index contributed by atoms with van der Waals surface area (Å²) in [6.45, 7) is 12.6. The molecule has 2 N–H and O–H groups in total. The molecule has 1 atom stereocenters. The molecule has 0 amide bonds. The number of hydrogen-bond donors (Lipinski definition) is 2. The van der Waals surface area contributed by atoms with Gasteiger partial charge in [0.1, 0.15) is 5.75 Å². The van der Waals surface area contributed by atoms with Crippen LogP contribution >= 0.6 is 0 Å². The number of benzene rings is 2. The summed E-state index contributed by atoms with van der Waals surface area (Å²) in [7, 11) is 1.56. The van der Waals surface area contributed by atoms with E-state index < -0.39 is 17.7 Å². The molecule has 0 saturated heterocycles. The molecule has 39 heavy (non-hydrogen) atoms. The lowest BCUT2D eigenvalue weighted by atomic mass is 9.86. The summed E-state index contributed by atoms with van der Waals surface area (Å²) in [5.74, 6) is 0.0205. The number of phenols is 1. The van der Waals surface area contributed by atoms with Gasteiger partial charge >= 0.3 is 5.97 Å². The predicted octanol–water partition coefficient (Wildman–Crippen LogP) is 5.83. The molecule has 4 aromatic rings. The maximum atomic E-state index is 12.9. The fraction of sp³-hybridized carbons (Fsp3) is 0.367. The highest BCUT2D eigenvalue weighted by molar-refractivity contribution is 6.09. The minimum Gasteiger partial charge on any atom is -0.507 e. The molecule has 1 aliphatic heterocycles. The molecule has 0 fully saturated rings. The smallest absolute Gasteiger partial charge is 0.337 e. The van der Waals surface area contributed by atoms with E-state index in [1.807, 2.05) is 58.6 Å². The number of carboxylic acids is 1. The number of phenolic OH excluding ortho intramolecular Hbond substituents is 1. The van der Waals surface area contributed by atoms with Crippen molar-refractivity contribution in [3.05, 3.63) is 59.0 Å². The third kappa shape index (κ3) is 4.57. The second kappa shape index (κ2) is 9.57. The molecular weight excluding hydrogens is 496 g/mol. The molecule has 2 aromatic carbocycles. The summed E-state index contributed by atoms with van der Waals surface area (Å²) in [5, 5.41) is 22.5. The van der Waals surface area contributed by atoms with E-state index in [1.54, 1.807) is 25.6 Å². The number of aryl methyl sites for hydroxylation is 2. The van der Waals surface area contributed by atoms with E-state index in [-0.39, 0.29) is 5.75 Å². The van der Waals surface area contributed by atoms with Crippen molar-refractivity contribution in [2.24, 2.45) is 0 Å². The van der Waals surface area contributed by atoms with Crippen LogP contribution in [0.3, 0.4) is 0 Å². The van der Waals surface area contributed by atoms with Crippen LogP contribution in [0, 0.1) is 20.8 Å².